The molecule has 1 rings (SSSR count). The third-order valence-corrected chi connectivity index (χ3v) is 2.68. The molecule has 0 N–H and O–H groups in total. The Morgan fingerprint density at radius 3 is 2.31 bits per heavy atom. The average Bonchev–Trinajstić information content (AvgIpc) is 2.27. The summed E-state index contributed by atoms with van der Waals surface area (Å²) in [5.41, 5.74) is 2.39. The molecule has 1 aromatic carbocycles. The van der Waals surface area contributed by atoms with Crippen molar-refractivity contribution in [2.45, 2.75) is 33.6 Å². The minimum absolute atomic E-state index is 0.324. The quantitative estimate of drug-likeness (QED) is 0.732. The van der Waals surface area contributed by atoms with Gasteiger partial charge in [0.1, 0.15) is 0 Å². The third kappa shape index (κ3) is 3.69. The van der Waals surface area contributed by atoms with Crippen LogP contribution in [0.2, 0.25) is 0 Å². The molecule has 0 aliphatic rings. The zero-order valence-corrected chi connectivity index (χ0v) is 10.5. The molecule has 0 saturated heterocycles. The number of hydrogen-bond donors (Lipinski definition) is 0. The van der Waals surface area contributed by atoms with Crippen LogP contribution in [0.25, 0.3) is 0 Å². The van der Waals surface area contributed by atoms with Crippen molar-refractivity contribution < 1.29 is 4.79 Å². The van der Waals surface area contributed by atoms with Crippen molar-refractivity contribution in [2.75, 3.05) is 18.0 Å². The summed E-state index contributed by atoms with van der Waals surface area (Å²) in [5, 5.41) is 0. The van der Waals surface area contributed by atoms with E-state index in [-0.39, 0.29) is 0 Å². The molecule has 0 saturated carbocycles. The van der Waals surface area contributed by atoms with E-state index < -0.39 is 0 Å². The molecule has 0 heterocycles. The Kier molecular flexibility index (Phi) is 5.03. The maximum Gasteiger partial charge on any atom is 0.152 e. The van der Waals surface area contributed by atoms with Gasteiger partial charge in [0.05, 0.1) is 6.54 Å². The molecule has 0 amide bonds. The summed E-state index contributed by atoms with van der Waals surface area (Å²) in [6.07, 6.45) is 1.62. The highest BCUT2D eigenvalue weighted by molar-refractivity contribution is 5.83. The number of rotatable bonds is 6. The summed E-state index contributed by atoms with van der Waals surface area (Å²) in [6.45, 7) is 7.60. The average molecular weight is 219 g/mol. The van der Waals surface area contributed by atoms with Crippen LogP contribution in [0.3, 0.4) is 0 Å². The Morgan fingerprint density at radius 1 is 1.19 bits per heavy atom. The second kappa shape index (κ2) is 6.31. The molecule has 0 radical (unpaired) electrons. The molecule has 1 aromatic rings. The first-order chi connectivity index (χ1) is 7.67. The molecule has 0 bridgehead atoms. The Balaban J connectivity index is 2.67. The van der Waals surface area contributed by atoms with Crippen LogP contribution in [0.15, 0.2) is 24.3 Å². The summed E-state index contributed by atoms with van der Waals surface area (Å²) in [4.78, 5) is 13.7. The first kappa shape index (κ1) is 12.8. The van der Waals surface area contributed by atoms with Crippen LogP contribution in [-0.4, -0.2) is 18.9 Å². The van der Waals surface area contributed by atoms with E-state index in [0.717, 1.165) is 18.7 Å². The van der Waals surface area contributed by atoms with Crippen molar-refractivity contribution in [3.05, 3.63) is 29.8 Å². The summed E-state index contributed by atoms with van der Waals surface area (Å²) in [5.74, 6) is 0.324. The number of benzene rings is 1. The van der Waals surface area contributed by atoms with E-state index in [0.29, 0.717) is 18.7 Å². The van der Waals surface area contributed by atoms with Crippen molar-refractivity contribution in [1.82, 2.24) is 0 Å². The molecule has 0 aliphatic heterocycles. The lowest BCUT2D eigenvalue weighted by Gasteiger charge is -2.22. The number of carbonyl (C=O) groups is 1. The van der Waals surface area contributed by atoms with Gasteiger partial charge in [0, 0.05) is 18.7 Å². The van der Waals surface area contributed by atoms with Crippen LogP contribution in [0.4, 0.5) is 5.69 Å². The Hall–Kier alpha value is -1.31. The molecular weight excluding hydrogens is 198 g/mol. The molecule has 2 nitrogen and oxygen atoms in total. The van der Waals surface area contributed by atoms with Gasteiger partial charge in [-0.15, -0.1) is 0 Å². The minimum Gasteiger partial charge on any atom is -0.364 e. The summed E-state index contributed by atoms with van der Waals surface area (Å²) < 4.78 is 0. The van der Waals surface area contributed by atoms with Gasteiger partial charge in [-0.3, -0.25) is 4.79 Å². The Labute approximate surface area is 98.3 Å². The van der Waals surface area contributed by atoms with Crippen LogP contribution >= 0.6 is 0 Å². The number of Topliss-reactive ketones (excluding diaryl/α,β-unsaturated/α-hetero) is 1. The zero-order valence-electron chi connectivity index (χ0n) is 10.5. The largest absolute Gasteiger partial charge is 0.364 e. The van der Waals surface area contributed by atoms with Crippen LogP contribution < -0.4 is 4.90 Å². The predicted octanol–water partition coefficient (Wildman–Crippen LogP) is 3.19. The first-order valence-corrected chi connectivity index (χ1v) is 6.00. The third-order valence-electron chi connectivity index (χ3n) is 2.68. The number of likely N-dealkylation sites (N-methyl/N-ethyl adjacent to an activating group) is 1. The molecule has 0 spiro atoms. The van der Waals surface area contributed by atoms with Gasteiger partial charge in [-0.05, 0) is 32.4 Å². The normalized spacial score (nSPS) is 10.2. The molecule has 88 valence electrons. The maximum atomic E-state index is 11.6. The van der Waals surface area contributed by atoms with Crippen LogP contribution in [0.5, 0.6) is 0 Å². The van der Waals surface area contributed by atoms with E-state index in [9.17, 15) is 4.79 Å². The summed E-state index contributed by atoms with van der Waals surface area (Å²) >= 11 is 0. The van der Waals surface area contributed by atoms with Gasteiger partial charge >= 0.3 is 0 Å². The van der Waals surface area contributed by atoms with Gasteiger partial charge in [-0.25, -0.2) is 0 Å². The SMILES string of the molecule is CCCC(=O)CN(CC)c1ccc(C)cc1. The fourth-order valence-electron chi connectivity index (χ4n) is 1.71. The first-order valence-electron chi connectivity index (χ1n) is 6.00. The van der Waals surface area contributed by atoms with Gasteiger partial charge in [0.25, 0.3) is 0 Å². The molecule has 0 atom stereocenters. The fraction of sp³-hybridized carbons (Fsp3) is 0.500. The number of aryl methyl sites for hydroxylation is 1. The van der Waals surface area contributed by atoms with Crippen LogP contribution in [0.1, 0.15) is 32.3 Å². The van der Waals surface area contributed by atoms with Gasteiger partial charge in [-0.2, -0.15) is 0 Å². The van der Waals surface area contributed by atoms with E-state index in [1.165, 1.54) is 5.56 Å². The zero-order chi connectivity index (χ0) is 12.0. The highest BCUT2D eigenvalue weighted by Crippen LogP contribution is 2.14. The van der Waals surface area contributed by atoms with Gasteiger partial charge in [-0.1, -0.05) is 24.6 Å². The molecule has 0 aromatic heterocycles. The molecule has 2 heteroatoms. The Morgan fingerprint density at radius 2 is 1.81 bits per heavy atom. The number of nitrogens with zero attached hydrogens (tertiary/aromatic N) is 1. The second-order valence-electron chi connectivity index (χ2n) is 4.14. The molecular formula is C14H21NO. The van der Waals surface area contributed by atoms with Gasteiger partial charge in [0.2, 0.25) is 0 Å². The smallest absolute Gasteiger partial charge is 0.152 e. The minimum atomic E-state index is 0.324. The van der Waals surface area contributed by atoms with Crippen molar-refractivity contribution in [1.29, 1.82) is 0 Å². The van der Waals surface area contributed by atoms with Gasteiger partial charge in [0.15, 0.2) is 5.78 Å². The molecule has 0 fully saturated rings. The van der Waals surface area contributed by atoms with Crippen LogP contribution in [-0.2, 0) is 4.79 Å². The van der Waals surface area contributed by atoms with Crippen molar-refractivity contribution in [3.8, 4) is 0 Å². The van der Waals surface area contributed by atoms with E-state index in [1.54, 1.807) is 0 Å². The van der Waals surface area contributed by atoms with Crippen molar-refractivity contribution in [3.63, 3.8) is 0 Å². The Bertz CT molecular complexity index is 329. The standard InChI is InChI=1S/C14H21NO/c1-4-6-14(16)11-15(5-2)13-9-7-12(3)8-10-13/h7-10H,4-6,11H2,1-3H3. The monoisotopic (exact) mass is 219 g/mol. The lowest BCUT2D eigenvalue weighted by atomic mass is 10.2. The molecule has 16 heavy (non-hydrogen) atoms. The maximum absolute atomic E-state index is 11.6. The lowest BCUT2D eigenvalue weighted by molar-refractivity contribution is -0.117. The second-order valence-corrected chi connectivity index (χ2v) is 4.14. The molecule has 0 unspecified atom stereocenters. The topological polar surface area (TPSA) is 20.3 Å². The summed E-state index contributed by atoms with van der Waals surface area (Å²) in [6, 6.07) is 8.33. The van der Waals surface area contributed by atoms with Crippen molar-refractivity contribution >= 4 is 11.5 Å². The van der Waals surface area contributed by atoms with Crippen LogP contribution in [0, 0.1) is 6.92 Å². The highest BCUT2D eigenvalue weighted by atomic mass is 16.1. The summed E-state index contributed by atoms with van der Waals surface area (Å²) in [7, 11) is 0. The van der Waals surface area contributed by atoms with Crippen molar-refractivity contribution in [2.24, 2.45) is 0 Å². The van der Waals surface area contributed by atoms with E-state index in [1.807, 2.05) is 6.92 Å². The lowest BCUT2D eigenvalue weighted by Crippen LogP contribution is -2.29. The van der Waals surface area contributed by atoms with Gasteiger partial charge < -0.3 is 4.90 Å². The fourth-order valence-corrected chi connectivity index (χ4v) is 1.71. The van der Waals surface area contributed by atoms with E-state index in [4.69, 9.17) is 0 Å². The van der Waals surface area contributed by atoms with E-state index in [2.05, 4.69) is 43.0 Å². The number of anilines is 1. The number of hydrogen-bond acceptors (Lipinski definition) is 2. The molecule has 0 aliphatic carbocycles. The van der Waals surface area contributed by atoms with E-state index >= 15 is 0 Å². The highest BCUT2D eigenvalue weighted by Gasteiger charge is 2.08. The number of carbonyl (C=O) groups excluding carboxylic acids is 1. The number of ketones is 1. The predicted molar refractivity (Wildman–Crippen MR) is 69.0 cm³/mol.